The van der Waals surface area contributed by atoms with Crippen LogP contribution in [-0.2, 0) is 4.74 Å². The van der Waals surface area contributed by atoms with E-state index >= 15 is 0 Å². The number of amides is 1. The number of carbonyl (C=O) groups is 1. The van der Waals surface area contributed by atoms with E-state index in [0.29, 0.717) is 5.01 Å². The highest BCUT2D eigenvalue weighted by atomic mass is 19.4. The van der Waals surface area contributed by atoms with Crippen molar-refractivity contribution in [2.24, 2.45) is 5.84 Å². The quantitative estimate of drug-likeness (QED) is 0.478. The molecule has 1 heterocycles. The molecule has 8 heteroatoms. The van der Waals surface area contributed by atoms with Crippen molar-refractivity contribution in [1.29, 1.82) is 0 Å². The summed E-state index contributed by atoms with van der Waals surface area (Å²) in [5.74, 6) is 5.19. The van der Waals surface area contributed by atoms with E-state index in [4.69, 9.17) is 5.84 Å². The fraction of sp³-hybridized carbons (Fsp3) is 0.250. The molecule has 0 saturated carbocycles. The molecule has 0 aromatic carbocycles. The third-order valence-electron chi connectivity index (χ3n) is 1.45. The summed E-state index contributed by atoms with van der Waals surface area (Å²) in [5.41, 5.74) is 0. The average molecular weight is 235 g/mol. The van der Waals surface area contributed by atoms with Gasteiger partial charge in [-0.25, -0.2) is 15.6 Å². The van der Waals surface area contributed by atoms with Gasteiger partial charge in [-0.1, -0.05) is 6.07 Å². The maximum Gasteiger partial charge on any atom is 0.430 e. The number of pyridine rings is 1. The molecule has 0 atom stereocenters. The zero-order valence-electron chi connectivity index (χ0n) is 7.94. The first-order valence-corrected chi connectivity index (χ1v) is 4.09. The lowest BCUT2D eigenvalue weighted by atomic mass is 10.4. The van der Waals surface area contributed by atoms with Gasteiger partial charge in [0.1, 0.15) is 0 Å². The van der Waals surface area contributed by atoms with Gasteiger partial charge in [0.15, 0.2) is 12.4 Å². The molecule has 88 valence electrons. The van der Waals surface area contributed by atoms with Gasteiger partial charge in [-0.05, 0) is 12.1 Å². The molecule has 1 amide bonds. The summed E-state index contributed by atoms with van der Waals surface area (Å²) in [6.45, 7) is -1.69. The molecule has 1 aromatic heterocycles. The van der Waals surface area contributed by atoms with Crippen LogP contribution in [0.25, 0.3) is 0 Å². The number of alkyl halides is 3. The van der Waals surface area contributed by atoms with Crippen LogP contribution in [0.15, 0.2) is 24.4 Å². The summed E-state index contributed by atoms with van der Waals surface area (Å²) in [5, 5.41) is 0.395. The molecular formula is C8H8F3N3O2. The average Bonchev–Trinajstić information content (AvgIpc) is 2.25. The van der Waals surface area contributed by atoms with Crippen molar-refractivity contribution in [2.45, 2.75) is 6.18 Å². The number of nitrogens with zero attached hydrogens (tertiary/aromatic N) is 2. The van der Waals surface area contributed by atoms with E-state index < -0.39 is 18.9 Å². The van der Waals surface area contributed by atoms with Crippen molar-refractivity contribution in [1.82, 2.24) is 4.98 Å². The second-order valence-electron chi connectivity index (χ2n) is 2.73. The van der Waals surface area contributed by atoms with Crippen molar-refractivity contribution >= 4 is 11.9 Å². The summed E-state index contributed by atoms with van der Waals surface area (Å²) in [4.78, 5) is 14.7. The number of rotatable bonds is 2. The van der Waals surface area contributed by atoms with Gasteiger partial charge in [-0.2, -0.15) is 18.2 Å². The largest absolute Gasteiger partial charge is 0.439 e. The van der Waals surface area contributed by atoms with Crippen molar-refractivity contribution in [2.75, 3.05) is 11.6 Å². The summed E-state index contributed by atoms with van der Waals surface area (Å²) >= 11 is 0. The Morgan fingerprint density at radius 1 is 1.50 bits per heavy atom. The molecule has 0 bridgehead atoms. The Hall–Kier alpha value is -1.83. The van der Waals surface area contributed by atoms with Gasteiger partial charge in [0.2, 0.25) is 0 Å². The predicted molar refractivity (Wildman–Crippen MR) is 48.3 cm³/mol. The molecule has 5 nitrogen and oxygen atoms in total. The topological polar surface area (TPSA) is 68.5 Å². The number of ether oxygens (including phenoxy) is 1. The Balaban J connectivity index is 2.55. The van der Waals surface area contributed by atoms with Gasteiger partial charge in [-0.15, -0.1) is 0 Å². The highest BCUT2D eigenvalue weighted by molar-refractivity contribution is 5.84. The van der Waals surface area contributed by atoms with Crippen LogP contribution in [0.3, 0.4) is 0 Å². The Morgan fingerprint density at radius 2 is 2.19 bits per heavy atom. The standard InChI is InChI=1S/C8H8F3N3O2/c9-8(10,11)5-16-7(15)14(12)6-3-1-2-4-13-6/h1-4H,5,12H2. The molecule has 1 rings (SSSR count). The molecule has 0 fully saturated rings. The summed E-state index contributed by atoms with van der Waals surface area (Å²) < 4.78 is 39.1. The van der Waals surface area contributed by atoms with Crippen LogP contribution in [0.1, 0.15) is 0 Å². The van der Waals surface area contributed by atoms with Gasteiger partial charge in [0.05, 0.1) is 0 Å². The third-order valence-corrected chi connectivity index (χ3v) is 1.45. The number of carbonyl (C=O) groups excluding carboxylic acids is 1. The number of hydrazine groups is 1. The van der Waals surface area contributed by atoms with Crippen LogP contribution in [0, 0.1) is 0 Å². The lowest BCUT2D eigenvalue weighted by Crippen LogP contribution is -2.40. The number of anilines is 1. The van der Waals surface area contributed by atoms with Crippen molar-refractivity contribution in [3.05, 3.63) is 24.4 Å². The second-order valence-corrected chi connectivity index (χ2v) is 2.73. The molecule has 0 saturated heterocycles. The molecule has 2 N–H and O–H groups in total. The fourth-order valence-electron chi connectivity index (χ4n) is 0.803. The molecule has 0 radical (unpaired) electrons. The maximum absolute atomic E-state index is 11.7. The van der Waals surface area contributed by atoms with Crippen molar-refractivity contribution < 1.29 is 22.7 Å². The maximum atomic E-state index is 11.7. The summed E-state index contributed by atoms with van der Waals surface area (Å²) in [6, 6.07) is 4.45. The van der Waals surface area contributed by atoms with E-state index in [1.54, 1.807) is 6.07 Å². The molecular weight excluding hydrogens is 227 g/mol. The molecule has 0 spiro atoms. The highest BCUT2D eigenvalue weighted by Gasteiger charge is 2.30. The Labute approximate surface area is 88.6 Å². The minimum absolute atomic E-state index is 0.00493. The molecule has 16 heavy (non-hydrogen) atoms. The molecule has 0 aliphatic heterocycles. The lowest BCUT2D eigenvalue weighted by Gasteiger charge is -2.15. The smallest absolute Gasteiger partial charge is 0.430 e. The van der Waals surface area contributed by atoms with Crippen LogP contribution >= 0.6 is 0 Å². The zero-order valence-corrected chi connectivity index (χ0v) is 7.94. The Morgan fingerprint density at radius 3 is 2.69 bits per heavy atom. The highest BCUT2D eigenvalue weighted by Crippen LogP contribution is 2.15. The molecule has 1 aromatic rings. The van der Waals surface area contributed by atoms with Crippen LogP contribution in [0.4, 0.5) is 23.8 Å². The van der Waals surface area contributed by atoms with E-state index in [-0.39, 0.29) is 5.82 Å². The van der Waals surface area contributed by atoms with Crippen LogP contribution in [0.5, 0.6) is 0 Å². The van der Waals surface area contributed by atoms with Gasteiger partial charge in [0.25, 0.3) is 0 Å². The zero-order chi connectivity index (χ0) is 12.2. The van der Waals surface area contributed by atoms with Crippen molar-refractivity contribution in [3.8, 4) is 0 Å². The van der Waals surface area contributed by atoms with Crippen molar-refractivity contribution in [3.63, 3.8) is 0 Å². The summed E-state index contributed by atoms with van der Waals surface area (Å²) in [6.07, 6.45) is -4.57. The third kappa shape index (κ3) is 3.73. The summed E-state index contributed by atoms with van der Waals surface area (Å²) in [7, 11) is 0. The number of nitrogens with two attached hydrogens (primary N) is 1. The molecule has 0 aliphatic carbocycles. The van der Waals surface area contributed by atoms with Gasteiger partial charge >= 0.3 is 12.3 Å². The van der Waals surface area contributed by atoms with E-state index in [1.807, 2.05) is 0 Å². The monoisotopic (exact) mass is 235 g/mol. The molecule has 0 unspecified atom stereocenters. The lowest BCUT2D eigenvalue weighted by molar-refractivity contribution is -0.159. The first-order valence-electron chi connectivity index (χ1n) is 4.09. The minimum atomic E-state index is -4.58. The second kappa shape index (κ2) is 4.79. The number of aromatic nitrogens is 1. The predicted octanol–water partition coefficient (Wildman–Crippen LogP) is 1.46. The van der Waals surface area contributed by atoms with E-state index in [1.165, 1.54) is 18.3 Å². The van der Waals surface area contributed by atoms with E-state index in [2.05, 4.69) is 9.72 Å². The first kappa shape index (κ1) is 12.2. The first-order chi connectivity index (χ1) is 7.40. The Kier molecular flexibility index (Phi) is 3.67. The van der Waals surface area contributed by atoms with Gasteiger partial charge < -0.3 is 4.74 Å². The number of hydrogen-bond donors (Lipinski definition) is 1. The minimum Gasteiger partial charge on any atom is -0.439 e. The Bertz CT molecular complexity index is 355. The van der Waals surface area contributed by atoms with E-state index in [9.17, 15) is 18.0 Å². The van der Waals surface area contributed by atoms with Gasteiger partial charge in [0, 0.05) is 6.20 Å². The number of hydrogen-bond acceptors (Lipinski definition) is 4. The van der Waals surface area contributed by atoms with Crippen LogP contribution in [-0.4, -0.2) is 23.9 Å². The normalized spacial score (nSPS) is 11.0. The molecule has 0 aliphatic rings. The van der Waals surface area contributed by atoms with Crippen LogP contribution in [0.2, 0.25) is 0 Å². The fourth-order valence-corrected chi connectivity index (χ4v) is 0.803. The number of halogens is 3. The van der Waals surface area contributed by atoms with E-state index in [0.717, 1.165) is 0 Å². The SMILES string of the molecule is NN(C(=O)OCC(F)(F)F)c1ccccn1. The van der Waals surface area contributed by atoms with Gasteiger partial charge in [-0.3, -0.25) is 0 Å². The van der Waals surface area contributed by atoms with Crippen LogP contribution < -0.4 is 10.9 Å².